The van der Waals surface area contributed by atoms with Gasteiger partial charge in [-0.1, -0.05) is 12.7 Å². The van der Waals surface area contributed by atoms with Crippen LogP contribution in [0.5, 0.6) is 5.75 Å². The fourth-order valence-corrected chi connectivity index (χ4v) is 3.56. The van der Waals surface area contributed by atoms with E-state index < -0.39 is 0 Å². The monoisotopic (exact) mass is 348 g/mol. The number of rotatable bonds is 3. The van der Waals surface area contributed by atoms with Crippen molar-refractivity contribution in [1.82, 2.24) is 9.88 Å². The Balaban J connectivity index is 1.97. The van der Waals surface area contributed by atoms with Gasteiger partial charge in [0.05, 0.1) is 31.1 Å². The van der Waals surface area contributed by atoms with Gasteiger partial charge in [0.2, 0.25) is 5.78 Å². The average Bonchev–Trinajstić information content (AvgIpc) is 2.98. The Hall–Kier alpha value is -3.21. The zero-order valence-electron chi connectivity index (χ0n) is 14.8. The second-order valence-corrected chi connectivity index (χ2v) is 6.24. The quantitative estimate of drug-likeness (QED) is 0.865. The van der Waals surface area contributed by atoms with E-state index in [4.69, 9.17) is 9.47 Å². The second-order valence-electron chi connectivity index (χ2n) is 6.24. The van der Waals surface area contributed by atoms with E-state index in [1.807, 2.05) is 29.0 Å². The molecule has 5 heteroatoms. The van der Waals surface area contributed by atoms with Crippen LogP contribution in [0.3, 0.4) is 0 Å². The molecule has 2 heterocycles. The zero-order valence-corrected chi connectivity index (χ0v) is 14.8. The van der Waals surface area contributed by atoms with Gasteiger partial charge in [-0.25, -0.2) is 0 Å². The summed E-state index contributed by atoms with van der Waals surface area (Å²) in [6, 6.07) is 6.02. The Morgan fingerprint density at radius 1 is 1.27 bits per heavy atom. The smallest absolute Gasteiger partial charge is 0.229 e. The van der Waals surface area contributed by atoms with Gasteiger partial charge in [-0.15, -0.1) is 0 Å². The average molecular weight is 348 g/mol. The van der Waals surface area contributed by atoms with Crippen LogP contribution in [0, 0.1) is 0 Å². The topological polar surface area (TPSA) is 52.5 Å². The number of ether oxygens (including phenoxy) is 2. The lowest BCUT2D eigenvalue weighted by Crippen LogP contribution is -2.23. The Bertz CT molecular complexity index is 1020. The summed E-state index contributed by atoms with van der Waals surface area (Å²) in [6.45, 7) is 5.02. The van der Waals surface area contributed by atoms with Crippen molar-refractivity contribution >= 4 is 28.6 Å². The van der Waals surface area contributed by atoms with Crippen molar-refractivity contribution in [1.29, 1.82) is 0 Å². The Labute approximate surface area is 151 Å². The number of fused-ring (bicyclic) bond motifs is 3. The first kappa shape index (κ1) is 16.3. The van der Waals surface area contributed by atoms with Crippen LogP contribution in [0.2, 0.25) is 0 Å². The second kappa shape index (κ2) is 6.26. The summed E-state index contributed by atoms with van der Waals surface area (Å²) in [6.07, 6.45) is 8.04. The molecule has 1 aliphatic carbocycles. The van der Waals surface area contributed by atoms with E-state index in [1.165, 1.54) is 12.7 Å². The van der Waals surface area contributed by atoms with E-state index in [-0.39, 0.29) is 5.78 Å². The predicted molar refractivity (Wildman–Crippen MR) is 103 cm³/mol. The Morgan fingerprint density at radius 3 is 2.88 bits per heavy atom. The van der Waals surface area contributed by atoms with Gasteiger partial charge in [0.15, 0.2) is 5.76 Å². The predicted octanol–water partition coefficient (Wildman–Crippen LogP) is 3.28. The number of nitrogens with zero attached hydrogens (tertiary/aromatic N) is 1. The maximum absolute atomic E-state index is 12.6. The van der Waals surface area contributed by atoms with E-state index in [1.54, 1.807) is 19.3 Å². The van der Waals surface area contributed by atoms with E-state index in [2.05, 4.69) is 18.0 Å². The molecule has 0 fully saturated rings. The van der Waals surface area contributed by atoms with Crippen molar-refractivity contribution in [2.75, 3.05) is 20.8 Å². The maximum Gasteiger partial charge on any atom is 0.229 e. The summed E-state index contributed by atoms with van der Waals surface area (Å²) >= 11 is 0. The van der Waals surface area contributed by atoms with Crippen LogP contribution in [-0.2, 0) is 16.0 Å². The third kappa shape index (κ3) is 2.44. The highest BCUT2D eigenvalue weighted by Crippen LogP contribution is 2.35. The number of benzene rings is 1. The molecule has 0 saturated heterocycles. The molecule has 0 unspecified atom stereocenters. The largest absolute Gasteiger partial charge is 0.497 e. The molecule has 2 aromatic rings. The summed E-state index contributed by atoms with van der Waals surface area (Å²) in [5.74, 6) is 0.968. The highest BCUT2D eigenvalue weighted by atomic mass is 16.5. The molecule has 4 rings (SSSR count). The number of hydrogen-bond donors (Lipinski definition) is 1. The van der Waals surface area contributed by atoms with Crippen molar-refractivity contribution < 1.29 is 14.3 Å². The molecule has 1 aliphatic heterocycles. The summed E-state index contributed by atoms with van der Waals surface area (Å²) in [5.41, 5.74) is 4.64. The third-order valence-electron chi connectivity index (χ3n) is 4.81. The molecule has 0 amide bonds. The third-order valence-corrected chi connectivity index (χ3v) is 4.81. The van der Waals surface area contributed by atoms with Gasteiger partial charge in [-0.2, -0.15) is 0 Å². The lowest BCUT2D eigenvalue weighted by Gasteiger charge is -2.19. The molecule has 2 aliphatic rings. The highest BCUT2D eigenvalue weighted by molar-refractivity contribution is 6.12. The lowest BCUT2D eigenvalue weighted by molar-refractivity contribution is -0.114. The normalized spacial score (nSPS) is 17.9. The van der Waals surface area contributed by atoms with Gasteiger partial charge < -0.3 is 19.4 Å². The van der Waals surface area contributed by atoms with Crippen LogP contribution in [0.15, 0.2) is 54.3 Å². The first-order chi connectivity index (χ1) is 12.6. The number of carbonyl (C=O) groups excluding carboxylic acids is 1. The number of carbonyl (C=O) groups is 1. The number of hydrogen-bond acceptors (Lipinski definition) is 4. The van der Waals surface area contributed by atoms with E-state index in [9.17, 15) is 4.79 Å². The van der Waals surface area contributed by atoms with Gasteiger partial charge in [0, 0.05) is 29.8 Å². The molecule has 0 spiro atoms. The first-order valence-electron chi connectivity index (χ1n) is 8.47. The molecule has 132 valence electrons. The molecule has 1 aromatic heterocycles. The molecule has 5 nitrogen and oxygen atoms in total. The first-order valence-corrected chi connectivity index (χ1v) is 8.47. The maximum atomic E-state index is 12.6. The van der Waals surface area contributed by atoms with Crippen LogP contribution in [0.1, 0.15) is 11.3 Å². The number of ketones is 1. The van der Waals surface area contributed by atoms with Crippen LogP contribution < -0.4 is 10.1 Å². The number of methoxy groups -OCH3 is 2. The van der Waals surface area contributed by atoms with Crippen molar-refractivity contribution in [2.45, 2.75) is 6.42 Å². The highest BCUT2D eigenvalue weighted by Gasteiger charge is 2.24. The van der Waals surface area contributed by atoms with E-state index in [0.717, 1.165) is 41.0 Å². The van der Waals surface area contributed by atoms with Crippen molar-refractivity contribution in [3.05, 3.63) is 65.6 Å². The minimum absolute atomic E-state index is 0.136. The molecule has 0 bridgehead atoms. The number of Topliss-reactive ketones (excluding diaryl/α,β-unsaturated/α-hetero) is 1. The molecule has 26 heavy (non-hydrogen) atoms. The van der Waals surface area contributed by atoms with Gasteiger partial charge in [0.25, 0.3) is 0 Å². The minimum atomic E-state index is -0.136. The summed E-state index contributed by atoms with van der Waals surface area (Å²) in [7, 11) is 3.15. The molecule has 1 N–H and O–H groups in total. The molecule has 0 saturated carbocycles. The van der Waals surface area contributed by atoms with Crippen LogP contribution >= 0.6 is 0 Å². The van der Waals surface area contributed by atoms with Crippen LogP contribution in [0.25, 0.3) is 22.8 Å². The van der Waals surface area contributed by atoms with Crippen molar-refractivity contribution in [3.63, 3.8) is 0 Å². The van der Waals surface area contributed by atoms with Gasteiger partial charge >= 0.3 is 0 Å². The van der Waals surface area contributed by atoms with E-state index >= 15 is 0 Å². The number of nitrogens with one attached hydrogen (secondary N) is 1. The summed E-state index contributed by atoms with van der Waals surface area (Å²) < 4.78 is 12.6. The number of aromatic nitrogens is 1. The fraction of sp³-hybridized carbons (Fsp3) is 0.190. The lowest BCUT2D eigenvalue weighted by atomic mass is 10.0. The Morgan fingerprint density at radius 2 is 2.12 bits per heavy atom. The molecule has 0 atom stereocenters. The Kier molecular flexibility index (Phi) is 3.92. The summed E-state index contributed by atoms with van der Waals surface area (Å²) in [4.78, 5) is 12.6. The SMILES string of the molecule is C=C1NCCc2c1n(/C=C1\C=CC=C(OC)C1=O)c1cc(OC)ccc21. The van der Waals surface area contributed by atoms with Gasteiger partial charge in [-0.05, 0) is 36.3 Å². The van der Waals surface area contributed by atoms with Gasteiger partial charge in [-0.3, -0.25) is 4.79 Å². The van der Waals surface area contributed by atoms with E-state index in [0.29, 0.717) is 11.3 Å². The minimum Gasteiger partial charge on any atom is -0.497 e. The number of allylic oxidation sites excluding steroid dienone is 4. The molecule has 0 radical (unpaired) electrons. The van der Waals surface area contributed by atoms with Crippen molar-refractivity contribution in [2.24, 2.45) is 0 Å². The van der Waals surface area contributed by atoms with Crippen molar-refractivity contribution in [3.8, 4) is 5.75 Å². The molecular formula is C21H20N2O3. The van der Waals surface area contributed by atoms with Crippen LogP contribution in [-0.4, -0.2) is 31.1 Å². The zero-order chi connectivity index (χ0) is 18.3. The molecular weight excluding hydrogens is 328 g/mol. The summed E-state index contributed by atoms with van der Waals surface area (Å²) in [5, 5.41) is 4.47. The van der Waals surface area contributed by atoms with Gasteiger partial charge in [0.1, 0.15) is 5.75 Å². The fourth-order valence-electron chi connectivity index (χ4n) is 3.56. The van der Waals surface area contributed by atoms with Crippen LogP contribution in [0.4, 0.5) is 0 Å². The standard InChI is InChI=1S/C21H20N2O3/c1-13-20-17(9-10-22-13)16-8-7-15(25-2)11-18(16)23(20)12-14-5-4-6-19(26-3)21(14)24/h4-8,11-12,22H,1,9-10H2,2-3H3/b14-12+. The molecule has 1 aromatic carbocycles.